The number of carbonyl (C=O) groups excluding carboxylic acids is 2. The van der Waals surface area contributed by atoms with Crippen molar-refractivity contribution < 1.29 is 24.4 Å². The summed E-state index contributed by atoms with van der Waals surface area (Å²) in [6.45, 7) is 6.28. The number of fused-ring (bicyclic) bond motifs is 3. The van der Waals surface area contributed by atoms with E-state index in [-0.39, 0.29) is 35.5 Å². The normalized spacial score (nSPS) is 23.7. The van der Waals surface area contributed by atoms with Gasteiger partial charge in [-0.1, -0.05) is 67.5 Å². The van der Waals surface area contributed by atoms with Gasteiger partial charge in [-0.2, -0.15) is 0 Å². The van der Waals surface area contributed by atoms with Crippen molar-refractivity contribution in [1.82, 2.24) is 0 Å². The van der Waals surface area contributed by atoms with E-state index in [2.05, 4.69) is 19.2 Å². The summed E-state index contributed by atoms with van der Waals surface area (Å²) in [6.07, 6.45) is 3.76. The Balaban J connectivity index is 1.24. The molecule has 2 fully saturated rings. The van der Waals surface area contributed by atoms with Gasteiger partial charge in [0.2, 0.25) is 11.8 Å². The number of benzene rings is 3. The molecule has 0 radical (unpaired) electrons. The molecule has 4 atom stereocenters. The van der Waals surface area contributed by atoms with Gasteiger partial charge < -0.3 is 20.1 Å². The molecule has 2 aliphatic heterocycles. The van der Waals surface area contributed by atoms with Gasteiger partial charge in [-0.25, -0.2) is 0 Å². The molecule has 7 nitrogen and oxygen atoms in total. The van der Waals surface area contributed by atoms with Crippen molar-refractivity contribution in [2.75, 3.05) is 10.2 Å². The van der Waals surface area contributed by atoms with Crippen molar-refractivity contribution in [3.05, 3.63) is 101 Å². The molecule has 3 N–H and O–H groups in total. The fraction of sp³-hybridized carbons (Fsp3) is 0.333. The third-order valence-electron chi connectivity index (χ3n) is 9.27. The standard InChI is InChI=1S/C36H39BN2O5/c1-22(2)28-20-29-34(36(42)39(35(29)41)27-16-14-26(15-17-27)38-25-10-5-4-6-11-25)30-21-37(43)44-32(33(28)30)18-13-23(3)19-24-9-7-8-12-31(24)40/h4-12,14-17,19,22,29-30,32,34,38,40,43H,13,18,20-21H2,1-3H3/b23-19+/t29-,30+,32-,34-/m1/s1. The number of phenolic OH excluding ortho intramolecular Hbond substituents is 1. The van der Waals surface area contributed by atoms with Crippen LogP contribution in [0.5, 0.6) is 5.75 Å². The molecule has 0 aromatic heterocycles. The molecule has 3 aliphatic rings. The Morgan fingerprint density at radius 1 is 0.977 bits per heavy atom. The van der Waals surface area contributed by atoms with Crippen LogP contribution in [0.4, 0.5) is 17.1 Å². The van der Waals surface area contributed by atoms with Crippen LogP contribution in [-0.2, 0) is 14.2 Å². The quantitative estimate of drug-likeness (QED) is 0.149. The number of nitrogens with zero attached hydrogens (tertiary/aromatic N) is 1. The van der Waals surface area contributed by atoms with Crippen LogP contribution in [-0.4, -0.2) is 35.2 Å². The van der Waals surface area contributed by atoms with Gasteiger partial charge in [-0.15, -0.1) is 0 Å². The molecule has 3 aromatic carbocycles. The first-order valence-corrected chi connectivity index (χ1v) is 15.5. The maximum absolute atomic E-state index is 14.1. The van der Waals surface area contributed by atoms with Crippen molar-refractivity contribution in [3.63, 3.8) is 0 Å². The lowest BCUT2D eigenvalue weighted by Crippen LogP contribution is -2.46. The zero-order valence-electron chi connectivity index (χ0n) is 25.4. The highest BCUT2D eigenvalue weighted by Gasteiger charge is 2.57. The minimum atomic E-state index is -1.01. The minimum absolute atomic E-state index is 0.167. The van der Waals surface area contributed by atoms with Crippen LogP contribution in [0.25, 0.3) is 6.08 Å². The van der Waals surface area contributed by atoms with Crippen LogP contribution in [0.15, 0.2) is 95.6 Å². The smallest absolute Gasteiger partial charge is 0.455 e. The molecule has 0 saturated carbocycles. The molecule has 2 saturated heterocycles. The van der Waals surface area contributed by atoms with Gasteiger partial charge in [-0.05, 0) is 92.4 Å². The van der Waals surface area contributed by atoms with Crippen LogP contribution < -0.4 is 10.2 Å². The average Bonchev–Trinajstić information content (AvgIpc) is 3.26. The summed E-state index contributed by atoms with van der Waals surface area (Å²) in [6, 6.07) is 24.5. The van der Waals surface area contributed by atoms with E-state index >= 15 is 0 Å². The van der Waals surface area contributed by atoms with E-state index in [1.165, 1.54) is 10.5 Å². The number of allylic oxidation sites excluding steroid dienone is 2. The van der Waals surface area contributed by atoms with Gasteiger partial charge >= 0.3 is 7.12 Å². The van der Waals surface area contributed by atoms with Crippen molar-refractivity contribution in [2.45, 2.75) is 52.5 Å². The third-order valence-corrected chi connectivity index (χ3v) is 9.27. The van der Waals surface area contributed by atoms with Crippen LogP contribution in [0, 0.1) is 23.7 Å². The van der Waals surface area contributed by atoms with E-state index in [0.717, 1.165) is 28.1 Å². The highest BCUT2D eigenvalue weighted by atomic mass is 16.5. The number of para-hydroxylation sites is 2. The Morgan fingerprint density at radius 2 is 1.66 bits per heavy atom. The predicted molar refractivity (Wildman–Crippen MR) is 174 cm³/mol. The summed E-state index contributed by atoms with van der Waals surface area (Å²) in [7, 11) is -1.01. The van der Waals surface area contributed by atoms with Crippen molar-refractivity contribution >= 4 is 42.1 Å². The first-order valence-electron chi connectivity index (χ1n) is 15.5. The second kappa shape index (κ2) is 12.5. The zero-order chi connectivity index (χ0) is 31.0. The summed E-state index contributed by atoms with van der Waals surface area (Å²) < 4.78 is 6.15. The SMILES string of the molecule is C/C(=C\c1ccccc1O)CC[C@H]1OB(O)C[C@H]2C1=C(C(C)C)C[C@H]1C(=O)N(c3ccc(Nc4ccccc4)cc3)C(=O)[C@H]12. The second-order valence-corrected chi connectivity index (χ2v) is 12.5. The topological polar surface area (TPSA) is 99.1 Å². The Bertz CT molecular complexity index is 1600. The molecule has 2 heterocycles. The molecule has 0 spiro atoms. The summed E-state index contributed by atoms with van der Waals surface area (Å²) in [5.74, 6) is -1.20. The van der Waals surface area contributed by atoms with Crippen LogP contribution in [0.1, 0.15) is 45.6 Å². The third kappa shape index (κ3) is 5.84. The summed E-state index contributed by atoms with van der Waals surface area (Å²) in [5.41, 5.74) is 6.48. The number of amides is 2. The van der Waals surface area contributed by atoms with Gasteiger partial charge in [0.15, 0.2) is 0 Å². The number of phenols is 1. The molecule has 8 heteroatoms. The van der Waals surface area contributed by atoms with Crippen LogP contribution in [0.2, 0.25) is 6.32 Å². The molecule has 0 unspecified atom stereocenters. The molecular formula is C36H39BN2O5. The number of anilines is 3. The molecule has 1 aliphatic carbocycles. The number of nitrogens with one attached hydrogen (secondary N) is 1. The van der Waals surface area contributed by atoms with E-state index in [4.69, 9.17) is 4.65 Å². The largest absolute Gasteiger partial charge is 0.507 e. The summed E-state index contributed by atoms with van der Waals surface area (Å²) in [5, 5.41) is 24.4. The Kier molecular flexibility index (Phi) is 8.47. The van der Waals surface area contributed by atoms with Crippen molar-refractivity contribution in [1.29, 1.82) is 0 Å². The maximum atomic E-state index is 14.1. The average molecular weight is 591 g/mol. The fourth-order valence-corrected chi connectivity index (χ4v) is 7.19. The first kappa shape index (κ1) is 29.9. The van der Waals surface area contributed by atoms with Crippen LogP contribution >= 0.6 is 0 Å². The fourth-order valence-electron chi connectivity index (χ4n) is 7.19. The van der Waals surface area contributed by atoms with Gasteiger partial charge in [0.05, 0.1) is 23.6 Å². The van der Waals surface area contributed by atoms with E-state index in [1.54, 1.807) is 12.1 Å². The van der Waals surface area contributed by atoms with Gasteiger partial charge in [0.25, 0.3) is 0 Å². The minimum Gasteiger partial charge on any atom is -0.507 e. The number of hydrogen-bond donors (Lipinski definition) is 3. The van der Waals surface area contributed by atoms with Gasteiger partial charge in [0, 0.05) is 16.9 Å². The number of rotatable bonds is 8. The van der Waals surface area contributed by atoms with E-state index in [1.807, 2.05) is 79.7 Å². The second-order valence-electron chi connectivity index (χ2n) is 12.5. The summed E-state index contributed by atoms with van der Waals surface area (Å²) in [4.78, 5) is 29.3. The summed E-state index contributed by atoms with van der Waals surface area (Å²) >= 11 is 0. The van der Waals surface area contributed by atoms with E-state index in [0.29, 0.717) is 31.3 Å². The number of carbonyl (C=O) groups is 2. The molecule has 6 rings (SSSR count). The number of aromatic hydroxyl groups is 1. The molecule has 2 amide bonds. The first-order chi connectivity index (χ1) is 21.2. The molecule has 0 bridgehead atoms. The van der Waals surface area contributed by atoms with Crippen molar-refractivity contribution in [2.24, 2.45) is 23.7 Å². The van der Waals surface area contributed by atoms with Gasteiger partial charge in [-0.3, -0.25) is 14.5 Å². The van der Waals surface area contributed by atoms with E-state index in [9.17, 15) is 19.7 Å². The molecular weight excluding hydrogens is 551 g/mol. The maximum Gasteiger partial charge on any atom is 0.455 e. The van der Waals surface area contributed by atoms with E-state index < -0.39 is 19.0 Å². The lowest BCUT2D eigenvalue weighted by atomic mass is 9.57. The molecule has 226 valence electrons. The highest BCUT2D eigenvalue weighted by Crippen LogP contribution is 2.52. The lowest BCUT2D eigenvalue weighted by molar-refractivity contribution is -0.122. The van der Waals surface area contributed by atoms with Gasteiger partial charge in [0.1, 0.15) is 5.75 Å². The monoisotopic (exact) mass is 590 g/mol. The Hall–Kier alpha value is -4.14. The number of hydrogen-bond acceptors (Lipinski definition) is 6. The van der Waals surface area contributed by atoms with Crippen LogP contribution in [0.3, 0.4) is 0 Å². The molecule has 3 aromatic rings. The highest BCUT2D eigenvalue weighted by molar-refractivity contribution is 6.43. The van der Waals surface area contributed by atoms with Crippen molar-refractivity contribution in [3.8, 4) is 5.75 Å². The zero-order valence-corrected chi connectivity index (χ0v) is 25.4. The predicted octanol–water partition coefficient (Wildman–Crippen LogP) is 6.98. The number of imide groups is 1. The Labute approximate surface area is 259 Å². The molecule has 44 heavy (non-hydrogen) atoms. The lowest BCUT2D eigenvalue weighted by Gasteiger charge is -2.44. The Morgan fingerprint density at radius 3 is 2.36 bits per heavy atom.